The van der Waals surface area contributed by atoms with Gasteiger partial charge in [0.1, 0.15) is 48.1 Å². The molecule has 5 unspecified atom stereocenters. The molecule has 11 N–H and O–H groups in total. The van der Waals surface area contributed by atoms with Crippen LogP contribution in [0.4, 0.5) is 9.18 Å². The van der Waals surface area contributed by atoms with E-state index in [4.69, 9.17) is 14.0 Å². The number of carboxylic acid groups (broad SMARTS) is 1. The highest BCUT2D eigenvalue weighted by atomic mass is 31.2. The molecule has 512 valence electrons. The van der Waals surface area contributed by atoms with Gasteiger partial charge in [0.2, 0.25) is 23.5 Å². The van der Waals surface area contributed by atoms with E-state index >= 15 is 0 Å². The van der Waals surface area contributed by atoms with E-state index in [-0.39, 0.29) is 68.4 Å². The highest BCUT2D eigenvalue weighted by Crippen LogP contribution is 2.67. The van der Waals surface area contributed by atoms with Crippen molar-refractivity contribution in [2.24, 2.45) is 46.3 Å². The zero-order chi connectivity index (χ0) is 67.7. The van der Waals surface area contributed by atoms with Gasteiger partial charge in [-0.05, 0) is 146 Å². The van der Waals surface area contributed by atoms with Crippen molar-refractivity contribution in [1.82, 2.24) is 30.8 Å². The molecule has 0 radical (unpaired) electrons. The van der Waals surface area contributed by atoms with Gasteiger partial charge in [0.05, 0.1) is 12.3 Å². The number of phosphoric ester groups is 2. The molecule has 29 heteroatoms. The van der Waals surface area contributed by atoms with E-state index in [1.165, 1.54) is 92.6 Å². The number of rotatable bonds is 30. The van der Waals surface area contributed by atoms with E-state index in [9.17, 15) is 81.7 Å². The van der Waals surface area contributed by atoms with Crippen molar-refractivity contribution >= 4 is 51.2 Å². The first kappa shape index (κ1) is 72.3. The number of hydrogen-bond acceptors (Lipinski definition) is 15. The standard InChI is InChI=1S/C64H89FN6O20P2/c1-36(2)9-8-10-37(3)45-22-23-46-44-21-16-40-33-43(26-28-63(40,4)47(44)27-29-64(45,46)5)88-62(81)69-50(31-38-12-17-41(18-13-38)90-92(82,83)84)59(77)67-49(58(76)68-51(60(78)79)32-39-14-19-42(20-15-39)91-93(85,86)87)11-6-7-30-66-54(74)25-24-52(72)56-53(73)34-55(89-56)71-35-48(65)57(75)70-61(71)80/h12-20,35-37,43-47,49-51,53,55-56,73H,6-11,21-34H2,1-5H3,(H,66,74)(H,67,77)(H,68,76)(H,69,81)(H,78,79)(H,70,75,80)(H2,82,83,84)(H2,85,86,87)/t37-,43+,44+,45-,46+,47+,49-,50?,51?,53?,55?,56?,63+,64-/m1/s1. The number of H-pyrrole nitrogens is 1. The van der Waals surface area contributed by atoms with E-state index in [0.29, 0.717) is 75.7 Å². The molecule has 93 heavy (non-hydrogen) atoms. The number of phosphoric acid groups is 2. The van der Waals surface area contributed by atoms with Gasteiger partial charge in [-0.25, -0.2) is 23.5 Å². The summed E-state index contributed by atoms with van der Waals surface area (Å²) in [7, 11) is -9.88. The fourth-order valence-corrected chi connectivity index (χ4v) is 16.2. The number of ether oxygens (including phenoxy) is 2. The summed E-state index contributed by atoms with van der Waals surface area (Å²) in [6.45, 7) is 12.0. The van der Waals surface area contributed by atoms with Crippen molar-refractivity contribution in [2.45, 2.75) is 199 Å². The van der Waals surface area contributed by atoms with Crippen molar-refractivity contribution in [3.8, 4) is 11.5 Å². The lowest BCUT2D eigenvalue weighted by Crippen LogP contribution is -2.56. The van der Waals surface area contributed by atoms with Crippen LogP contribution in [0.2, 0.25) is 0 Å². The van der Waals surface area contributed by atoms with Crippen LogP contribution in [0.5, 0.6) is 11.5 Å². The first-order valence-corrected chi connectivity index (χ1v) is 35.2. The lowest BCUT2D eigenvalue weighted by atomic mass is 9.47. The summed E-state index contributed by atoms with van der Waals surface area (Å²) in [5.74, 6) is -2.53. The molecular weight excluding hydrogens is 1250 g/mol. The number of ketones is 1. The number of aromatic amines is 1. The summed E-state index contributed by atoms with van der Waals surface area (Å²) in [6, 6.07) is 5.79. The summed E-state index contributed by atoms with van der Waals surface area (Å²) in [5.41, 5.74) is -0.108. The van der Waals surface area contributed by atoms with Crippen LogP contribution in [-0.4, -0.2) is 118 Å². The number of amides is 4. The highest BCUT2D eigenvalue weighted by molar-refractivity contribution is 7.47. The molecule has 5 aliphatic rings. The molecule has 4 fully saturated rings. The number of halogens is 1. The lowest BCUT2D eigenvalue weighted by Gasteiger charge is -2.58. The number of Topliss-reactive ketones (excluding diaryl/α,β-unsaturated/α-hetero) is 1. The summed E-state index contributed by atoms with van der Waals surface area (Å²) in [5, 5.41) is 31.3. The Morgan fingerprint density at radius 2 is 1.39 bits per heavy atom. The van der Waals surface area contributed by atoms with Gasteiger partial charge in [0, 0.05) is 45.1 Å². The Balaban J connectivity index is 0.931. The largest absolute Gasteiger partial charge is 0.524 e. The number of nitrogens with one attached hydrogen (secondary N) is 5. The minimum Gasteiger partial charge on any atom is -0.480 e. The van der Waals surface area contributed by atoms with Crippen molar-refractivity contribution < 1.29 is 90.6 Å². The number of fused-ring (bicyclic) bond motifs is 5. The second-order valence-electron chi connectivity index (χ2n) is 26.8. The average Bonchev–Trinajstić information content (AvgIpc) is 1.70. The third-order valence-electron chi connectivity index (χ3n) is 20.1. The van der Waals surface area contributed by atoms with Crippen molar-refractivity contribution in [1.29, 1.82) is 0 Å². The summed E-state index contributed by atoms with van der Waals surface area (Å²) < 4.78 is 58.7. The third kappa shape index (κ3) is 19.1. The first-order chi connectivity index (χ1) is 43.8. The molecule has 2 aromatic carbocycles. The smallest absolute Gasteiger partial charge is 0.480 e. The molecule has 8 rings (SSSR count). The second kappa shape index (κ2) is 30.9. The van der Waals surface area contributed by atoms with Gasteiger partial charge in [0.15, 0.2) is 5.78 Å². The number of alkyl carbamates (subject to hydrolysis) is 1. The Hall–Kier alpha value is -6.57. The predicted octanol–water partition coefficient (Wildman–Crippen LogP) is 6.95. The maximum absolute atomic E-state index is 14.7. The van der Waals surface area contributed by atoms with Crippen LogP contribution in [0, 0.1) is 52.2 Å². The minimum absolute atomic E-state index is 0.0190. The number of benzene rings is 2. The van der Waals surface area contributed by atoms with Crippen LogP contribution in [-0.2, 0) is 55.4 Å². The summed E-state index contributed by atoms with van der Waals surface area (Å²) in [6.07, 6.45) is 7.25. The van der Waals surface area contributed by atoms with E-state index < -0.39 is 117 Å². The Labute approximate surface area is 538 Å². The van der Waals surface area contributed by atoms with E-state index in [2.05, 4.69) is 66.5 Å². The zero-order valence-electron chi connectivity index (χ0n) is 53.0. The molecular formula is C64H89FN6O20P2. The molecule has 1 aliphatic heterocycles. The normalized spacial score (nSPS) is 26.4. The molecule has 4 aliphatic carbocycles. The number of nitrogens with zero attached hydrogens (tertiary/aromatic N) is 1. The van der Waals surface area contributed by atoms with Gasteiger partial charge in [-0.1, -0.05) is 89.8 Å². The number of aliphatic hydroxyl groups is 1. The Morgan fingerprint density at radius 1 is 0.763 bits per heavy atom. The number of hydrogen-bond donors (Lipinski definition) is 11. The number of aromatic nitrogens is 2. The van der Waals surface area contributed by atoms with Crippen LogP contribution in [0.1, 0.15) is 161 Å². The van der Waals surface area contributed by atoms with Gasteiger partial charge >= 0.3 is 33.4 Å². The molecule has 0 spiro atoms. The number of carbonyl (C=O) groups is 6. The molecule has 2 heterocycles. The molecule has 1 aromatic heterocycles. The number of aliphatic hydroxyl groups excluding tert-OH is 1. The molecule has 26 nitrogen and oxygen atoms in total. The monoisotopic (exact) mass is 1340 g/mol. The number of allylic oxidation sites excluding steroid dienone is 1. The number of unbranched alkanes of at least 4 members (excludes halogenated alkanes) is 1. The van der Waals surface area contributed by atoms with Crippen molar-refractivity contribution in [3.05, 3.63) is 104 Å². The quantitative estimate of drug-likeness (QED) is 0.0183. The highest BCUT2D eigenvalue weighted by Gasteiger charge is 2.59. The van der Waals surface area contributed by atoms with Crippen LogP contribution in [0.3, 0.4) is 0 Å². The third-order valence-corrected chi connectivity index (χ3v) is 21.0. The van der Waals surface area contributed by atoms with Gasteiger partial charge in [-0.3, -0.25) is 53.1 Å². The van der Waals surface area contributed by atoms with Crippen LogP contribution in [0.15, 0.2) is 76.0 Å². The minimum atomic E-state index is -4.95. The van der Waals surface area contributed by atoms with E-state index in [0.717, 1.165) is 19.3 Å². The second-order valence-corrected chi connectivity index (χ2v) is 29.2. The molecule has 0 bridgehead atoms. The lowest BCUT2D eigenvalue weighted by molar-refractivity contribution is -0.142. The number of carbonyl (C=O) groups excluding carboxylic acids is 5. The first-order valence-electron chi connectivity index (χ1n) is 32.1. The van der Waals surface area contributed by atoms with Gasteiger partial charge in [-0.15, -0.1) is 0 Å². The molecule has 4 amide bonds. The summed E-state index contributed by atoms with van der Waals surface area (Å²) in [4.78, 5) is 145. The van der Waals surface area contributed by atoms with Gasteiger partial charge < -0.3 is 50.0 Å². The Bertz CT molecular complexity index is 3430. The Morgan fingerprint density at radius 3 is 2.01 bits per heavy atom. The fraction of sp³-hybridized carbons (Fsp3) is 0.625. The Kier molecular flexibility index (Phi) is 24.0. The van der Waals surface area contributed by atoms with Crippen LogP contribution in [0.25, 0.3) is 0 Å². The predicted molar refractivity (Wildman–Crippen MR) is 334 cm³/mol. The van der Waals surface area contributed by atoms with E-state index in [1.54, 1.807) is 4.98 Å². The van der Waals surface area contributed by atoms with Gasteiger partial charge in [-0.2, -0.15) is 4.39 Å². The number of aliphatic carboxylic acids is 1. The van der Waals surface area contributed by atoms with Crippen molar-refractivity contribution in [3.63, 3.8) is 0 Å². The number of carboxylic acids is 1. The van der Waals surface area contributed by atoms with Crippen molar-refractivity contribution in [2.75, 3.05) is 6.54 Å². The zero-order valence-corrected chi connectivity index (χ0v) is 54.8. The van der Waals surface area contributed by atoms with E-state index in [1.807, 2.05) is 0 Å². The van der Waals surface area contributed by atoms with Gasteiger partial charge in [0.25, 0.3) is 5.56 Å². The summed E-state index contributed by atoms with van der Waals surface area (Å²) >= 11 is 0. The molecule has 3 saturated carbocycles. The molecule has 3 aromatic rings. The maximum Gasteiger partial charge on any atom is 0.524 e. The molecule has 1 saturated heterocycles. The van der Waals surface area contributed by atoms with Crippen LogP contribution < -0.4 is 41.6 Å². The SMILES string of the molecule is CC(C)CCC[C@@H](C)[C@H]1CC[C@H]2[C@@H]3CC=C4C[C@@H](OC(=O)NC(Cc5ccc(OP(=O)(O)O)cc5)C(=O)N[C@H](CCCCNC(=O)CCC(=O)C5OC(n6cc(F)c(=O)[nH]c6=O)CC5O)C(=O)NC(Cc5ccc(OP(=O)(O)O)cc5)C(=O)O)CC[C@]4(C)[C@H]3CC[C@]12C. The van der Waals surface area contributed by atoms with Crippen LogP contribution >= 0.6 is 15.6 Å². The topological polar surface area (TPSA) is 398 Å². The molecule has 14 atom stereocenters. The fourth-order valence-electron chi connectivity index (χ4n) is 15.4. The average molecular weight is 1340 g/mol. The maximum atomic E-state index is 14.7.